The number of ether oxygens (including phenoxy) is 2. The average molecular weight is 767 g/mol. The summed E-state index contributed by atoms with van der Waals surface area (Å²) in [5.74, 6) is -0.302. The van der Waals surface area contributed by atoms with Crippen LogP contribution in [0.3, 0.4) is 0 Å². The molecule has 2 aliphatic carbocycles. The van der Waals surface area contributed by atoms with E-state index in [0.29, 0.717) is 54.8 Å². The van der Waals surface area contributed by atoms with Gasteiger partial charge >= 0.3 is 0 Å². The number of carbonyl (C=O) groups is 3. The molecule has 3 aromatic rings. The number of aromatic nitrogens is 2. The van der Waals surface area contributed by atoms with Crippen LogP contribution in [0.4, 0.5) is 0 Å². The fourth-order valence-electron chi connectivity index (χ4n) is 7.80. The number of nitrogens with one attached hydrogen (secondary N) is 2. The largest absolute Gasteiger partial charge is 0.496 e. The van der Waals surface area contributed by atoms with Crippen molar-refractivity contribution in [2.45, 2.75) is 126 Å². The molecule has 0 radical (unpaired) electrons. The maximum Gasteiger partial charge on any atom is 0.259 e. The third kappa shape index (κ3) is 7.61. The molecule has 2 saturated carbocycles. The molecule has 4 N–H and O–H groups in total. The molecule has 4 aliphatic rings. The number of methoxy groups -OCH3 is 1. The highest BCUT2D eigenvalue weighted by Crippen LogP contribution is 2.48. The molecule has 15 heteroatoms. The van der Waals surface area contributed by atoms with Crippen molar-refractivity contribution in [2.24, 2.45) is 11.7 Å². The summed E-state index contributed by atoms with van der Waals surface area (Å²) in [6.45, 7) is 6.22. The quantitative estimate of drug-likeness (QED) is 0.291. The highest BCUT2D eigenvalue weighted by molar-refractivity contribution is 7.91. The van der Waals surface area contributed by atoms with Crippen molar-refractivity contribution < 1.29 is 32.3 Å². The minimum Gasteiger partial charge on any atom is -0.496 e. The van der Waals surface area contributed by atoms with Gasteiger partial charge in [0.15, 0.2) is 0 Å². The van der Waals surface area contributed by atoms with E-state index in [0.717, 1.165) is 53.8 Å². The van der Waals surface area contributed by atoms with Crippen LogP contribution in [0, 0.1) is 12.8 Å². The molecule has 2 aliphatic heterocycles. The van der Waals surface area contributed by atoms with Crippen LogP contribution in [-0.4, -0.2) is 83.6 Å². The maximum absolute atomic E-state index is 14.3. The molecule has 1 aromatic carbocycles. The number of sulfonamides is 1. The third-order valence-electron chi connectivity index (χ3n) is 11.3. The Bertz CT molecular complexity index is 2010. The van der Waals surface area contributed by atoms with Gasteiger partial charge in [0.05, 0.1) is 36.2 Å². The minimum atomic E-state index is -3.83. The van der Waals surface area contributed by atoms with Gasteiger partial charge < -0.3 is 25.4 Å². The number of carbonyl (C=O) groups excluding carboxylic acids is 3. The Morgan fingerprint density at radius 3 is 2.51 bits per heavy atom. The van der Waals surface area contributed by atoms with Gasteiger partial charge in [-0.25, -0.2) is 18.4 Å². The summed E-state index contributed by atoms with van der Waals surface area (Å²) in [6, 6.07) is 3.84. The van der Waals surface area contributed by atoms with E-state index in [1.165, 1.54) is 16.2 Å². The lowest BCUT2D eigenvalue weighted by Gasteiger charge is -2.28. The fraction of sp³-hybridized carbons (Fsp3) is 0.605. The number of hydrogen-bond acceptors (Lipinski definition) is 11. The number of rotatable bonds is 8. The van der Waals surface area contributed by atoms with Crippen LogP contribution in [0.2, 0.25) is 0 Å². The maximum atomic E-state index is 14.3. The molecule has 4 heterocycles. The molecule has 4 fully saturated rings. The van der Waals surface area contributed by atoms with Crippen LogP contribution in [-0.2, 0) is 24.4 Å². The SMILES string of the molecule is COc1ccc2c(O[C@@H]3C[C@H]4C(=O)N[C@]5(C(=O)NS(=O)(=O)C6CC6)C[C@H]5CCCCCCC[C@H](N)C(=O)N4C3)cc(-c3nc(C(C)C)cs3)nc2c1C. The van der Waals surface area contributed by atoms with Crippen molar-refractivity contribution >= 4 is 50.0 Å². The summed E-state index contributed by atoms with van der Waals surface area (Å²) >= 11 is 1.50. The minimum absolute atomic E-state index is 0.104. The summed E-state index contributed by atoms with van der Waals surface area (Å²) in [5, 5.41) is 5.90. The molecule has 5 atom stereocenters. The lowest BCUT2D eigenvalue weighted by Crippen LogP contribution is -2.57. The van der Waals surface area contributed by atoms with Crippen molar-refractivity contribution in [3.8, 4) is 22.2 Å². The van der Waals surface area contributed by atoms with E-state index in [1.807, 2.05) is 30.5 Å². The van der Waals surface area contributed by atoms with E-state index >= 15 is 0 Å². The standard InChI is InChI=1S/C38H50N6O7S2/c1-21(2)29-20-52-35(41-29)28-17-32(26-14-15-31(50-4)22(3)33(26)40-28)51-24-16-30-34(45)42-38(37(47)43-53(48,49)25-12-13-25)18-23(38)10-8-6-5-7-9-11-27(39)36(46)44(30)19-24/h14-15,17,20-21,23-25,27,30H,5-13,16,18-19,39H2,1-4H3,(H,42,45)(H,43,47)/t23-,24-,27+,30+,38-/m1/s1. The fourth-order valence-corrected chi connectivity index (χ4v) is 10.1. The molecule has 13 nitrogen and oxygen atoms in total. The van der Waals surface area contributed by atoms with E-state index in [1.54, 1.807) is 7.11 Å². The van der Waals surface area contributed by atoms with Crippen molar-refractivity contribution in [2.75, 3.05) is 13.7 Å². The summed E-state index contributed by atoms with van der Waals surface area (Å²) in [7, 11) is -2.22. The molecular formula is C38H50N6O7S2. The second-order valence-corrected chi connectivity index (χ2v) is 18.3. The summed E-state index contributed by atoms with van der Waals surface area (Å²) in [6.07, 6.45) is 6.57. The molecule has 286 valence electrons. The number of nitrogens with zero attached hydrogens (tertiary/aromatic N) is 3. The lowest BCUT2D eigenvalue weighted by molar-refractivity contribution is -0.140. The Labute approximate surface area is 314 Å². The van der Waals surface area contributed by atoms with Gasteiger partial charge in [0, 0.05) is 28.8 Å². The van der Waals surface area contributed by atoms with Gasteiger partial charge in [-0.1, -0.05) is 46.0 Å². The van der Waals surface area contributed by atoms with E-state index in [4.69, 9.17) is 25.2 Å². The Morgan fingerprint density at radius 1 is 1.08 bits per heavy atom. The number of amides is 3. The molecule has 7 rings (SSSR count). The van der Waals surface area contributed by atoms with Gasteiger partial charge in [0.25, 0.3) is 5.91 Å². The normalized spacial score (nSPS) is 27.0. The second-order valence-electron chi connectivity index (χ2n) is 15.5. The highest BCUT2D eigenvalue weighted by atomic mass is 32.2. The first kappa shape index (κ1) is 37.5. The predicted molar refractivity (Wildman–Crippen MR) is 202 cm³/mol. The molecule has 3 amide bonds. The van der Waals surface area contributed by atoms with Crippen molar-refractivity contribution in [3.63, 3.8) is 0 Å². The molecule has 53 heavy (non-hydrogen) atoms. The van der Waals surface area contributed by atoms with Gasteiger partial charge in [0.1, 0.15) is 39.9 Å². The van der Waals surface area contributed by atoms with E-state index in [-0.39, 0.29) is 30.7 Å². The van der Waals surface area contributed by atoms with Crippen LogP contribution < -0.4 is 25.2 Å². The van der Waals surface area contributed by atoms with Crippen LogP contribution in [0.5, 0.6) is 11.5 Å². The van der Waals surface area contributed by atoms with Gasteiger partial charge in [0.2, 0.25) is 21.8 Å². The molecular weight excluding hydrogens is 717 g/mol. The van der Waals surface area contributed by atoms with E-state index in [9.17, 15) is 22.8 Å². The number of thiazole rings is 1. The number of pyridine rings is 1. The number of nitrogens with two attached hydrogens (primary N) is 1. The van der Waals surface area contributed by atoms with Crippen LogP contribution in [0.15, 0.2) is 23.6 Å². The Kier molecular flexibility index (Phi) is 10.5. The van der Waals surface area contributed by atoms with Gasteiger partial charge in [-0.15, -0.1) is 11.3 Å². The van der Waals surface area contributed by atoms with Crippen LogP contribution in [0.25, 0.3) is 21.6 Å². The first-order valence-corrected chi connectivity index (χ1v) is 21.3. The molecule has 0 unspecified atom stereocenters. The first-order valence-electron chi connectivity index (χ1n) is 18.9. The van der Waals surface area contributed by atoms with Crippen LogP contribution >= 0.6 is 11.3 Å². The molecule has 2 saturated heterocycles. The molecule has 0 spiro atoms. The van der Waals surface area contributed by atoms with E-state index in [2.05, 4.69) is 23.9 Å². The average Bonchev–Trinajstić information content (AvgIpc) is 4.00. The Balaban J connectivity index is 1.20. The van der Waals surface area contributed by atoms with Crippen molar-refractivity contribution in [1.29, 1.82) is 0 Å². The van der Waals surface area contributed by atoms with E-state index < -0.39 is 50.8 Å². The summed E-state index contributed by atoms with van der Waals surface area (Å²) in [5.41, 5.74) is 8.25. The van der Waals surface area contributed by atoms with Crippen LogP contribution in [0.1, 0.15) is 102 Å². The first-order chi connectivity index (χ1) is 25.3. The molecule has 0 bridgehead atoms. The topological polar surface area (TPSA) is 183 Å². The molecule has 2 aromatic heterocycles. The lowest BCUT2D eigenvalue weighted by atomic mass is 10.0. The highest BCUT2D eigenvalue weighted by Gasteiger charge is 2.62. The van der Waals surface area contributed by atoms with Crippen molar-refractivity contribution in [3.05, 3.63) is 34.8 Å². The summed E-state index contributed by atoms with van der Waals surface area (Å²) in [4.78, 5) is 53.3. The smallest absolute Gasteiger partial charge is 0.259 e. The number of hydrogen-bond donors (Lipinski definition) is 3. The predicted octanol–water partition coefficient (Wildman–Crippen LogP) is 4.70. The van der Waals surface area contributed by atoms with Crippen molar-refractivity contribution in [1.82, 2.24) is 24.9 Å². The monoisotopic (exact) mass is 766 g/mol. The Hall–Kier alpha value is -3.82. The summed E-state index contributed by atoms with van der Waals surface area (Å²) < 4.78 is 40.3. The second kappa shape index (κ2) is 14.8. The number of aryl methyl sites for hydroxylation is 1. The number of benzene rings is 1. The zero-order chi connectivity index (χ0) is 37.7. The zero-order valence-corrected chi connectivity index (χ0v) is 32.5. The van der Waals surface area contributed by atoms with Gasteiger partial charge in [-0.05, 0) is 63.0 Å². The third-order valence-corrected chi connectivity index (χ3v) is 14.0. The Morgan fingerprint density at radius 2 is 1.81 bits per heavy atom. The van der Waals surface area contributed by atoms with Gasteiger partial charge in [-0.3, -0.25) is 19.1 Å². The number of fused-ring (bicyclic) bond motifs is 3. The zero-order valence-electron chi connectivity index (χ0n) is 30.9. The van der Waals surface area contributed by atoms with Gasteiger partial charge in [-0.2, -0.15) is 0 Å².